The number of hydrogen-bond acceptors (Lipinski definition) is 4. The van der Waals surface area contributed by atoms with Crippen molar-refractivity contribution in [2.45, 2.75) is 0 Å². The van der Waals surface area contributed by atoms with E-state index in [1.807, 2.05) is 67.5 Å². The lowest BCUT2D eigenvalue weighted by atomic mass is 10.0. The van der Waals surface area contributed by atoms with Crippen molar-refractivity contribution in [1.82, 2.24) is 0 Å². The lowest BCUT2D eigenvalue weighted by Crippen LogP contribution is -2.26. The Morgan fingerprint density at radius 1 is 0.880 bits per heavy atom. The standard InChI is InChI=1S/C20H18NO3P/c1-21(2)14-11-12-17(22)20(13-14)25(23)19-10-6-4-8-16(19)15-7-3-5-9-18(15)24-25/h3-13,22H,1-2H3. The van der Waals surface area contributed by atoms with Crippen molar-refractivity contribution in [2.24, 2.45) is 0 Å². The summed E-state index contributed by atoms with van der Waals surface area (Å²) in [6, 6.07) is 20.2. The summed E-state index contributed by atoms with van der Waals surface area (Å²) >= 11 is 0. The largest absolute Gasteiger partial charge is 0.507 e. The topological polar surface area (TPSA) is 49.8 Å². The third-order valence-corrected chi connectivity index (χ3v) is 6.89. The predicted octanol–water partition coefficient (Wildman–Crippen LogP) is 3.75. The van der Waals surface area contributed by atoms with Crippen LogP contribution in [0.2, 0.25) is 0 Å². The Labute approximate surface area is 146 Å². The molecule has 1 unspecified atom stereocenters. The molecule has 0 spiro atoms. The van der Waals surface area contributed by atoms with Crippen molar-refractivity contribution in [3.8, 4) is 22.6 Å². The van der Waals surface area contributed by atoms with Gasteiger partial charge in [-0.3, -0.25) is 4.57 Å². The highest BCUT2D eigenvalue weighted by molar-refractivity contribution is 7.75. The Kier molecular flexibility index (Phi) is 3.59. The van der Waals surface area contributed by atoms with E-state index < -0.39 is 7.37 Å². The van der Waals surface area contributed by atoms with E-state index in [0.717, 1.165) is 16.8 Å². The van der Waals surface area contributed by atoms with Crippen molar-refractivity contribution < 1.29 is 14.2 Å². The van der Waals surface area contributed by atoms with E-state index in [1.165, 1.54) is 0 Å². The van der Waals surface area contributed by atoms with Gasteiger partial charge in [0.25, 0.3) is 0 Å². The maximum atomic E-state index is 14.0. The molecule has 0 fully saturated rings. The van der Waals surface area contributed by atoms with E-state index in [4.69, 9.17) is 4.52 Å². The SMILES string of the molecule is CN(C)c1ccc(O)c(P2(=O)Oc3ccccc3-c3ccccc32)c1. The molecule has 126 valence electrons. The van der Waals surface area contributed by atoms with Crippen LogP contribution in [0.4, 0.5) is 5.69 Å². The fourth-order valence-electron chi connectivity index (χ4n) is 3.12. The highest BCUT2D eigenvalue weighted by atomic mass is 31.2. The number of rotatable bonds is 2. The molecule has 0 amide bonds. The van der Waals surface area contributed by atoms with Gasteiger partial charge in [-0.1, -0.05) is 36.4 Å². The number of aromatic hydroxyl groups is 1. The molecule has 5 heteroatoms. The molecule has 4 nitrogen and oxygen atoms in total. The van der Waals surface area contributed by atoms with E-state index in [9.17, 15) is 9.67 Å². The van der Waals surface area contributed by atoms with Crippen molar-refractivity contribution in [3.05, 3.63) is 66.7 Å². The van der Waals surface area contributed by atoms with Crippen LogP contribution in [0.15, 0.2) is 66.7 Å². The average Bonchev–Trinajstić information content (AvgIpc) is 2.62. The van der Waals surface area contributed by atoms with Gasteiger partial charge < -0.3 is 14.5 Å². The minimum absolute atomic E-state index is 0.0249. The van der Waals surface area contributed by atoms with Gasteiger partial charge in [0.15, 0.2) is 0 Å². The predicted molar refractivity (Wildman–Crippen MR) is 102 cm³/mol. The van der Waals surface area contributed by atoms with Crippen molar-refractivity contribution in [2.75, 3.05) is 19.0 Å². The van der Waals surface area contributed by atoms with Crippen LogP contribution in [0.5, 0.6) is 11.5 Å². The number of nitrogens with zero attached hydrogens (tertiary/aromatic N) is 1. The van der Waals surface area contributed by atoms with Crippen LogP contribution in [0.1, 0.15) is 0 Å². The summed E-state index contributed by atoms with van der Waals surface area (Å²) in [6.07, 6.45) is 0. The summed E-state index contributed by atoms with van der Waals surface area (Å²) in [7, 11) is 0.331. The molecule has 1 N–H and O–H groups in total. The molecule has 4 rings (SSSR count). The maximum Gasteiger partial charge on any atom is 0.311 e. The highest BCUT2D eigenvalue weighted by Crippen LogP contribution is 2.55. The van der Waals surface area contributed by atoms with E-state index in [2.05, 4.69) is 0 Å². The van der Waals surface area contributed by atoms with Gasteiger partial charge in [0, 0.05) is 25.3 Å². The molecule has 0 saturated heterocycles. The second-order valence-corrected chi connectivity index (χ2v) is 8.47. The molecule has 0 saturated carbocycles. The van der Waals surface area contributed by atoms with E-state index in [-0.39, 0.29) is 5.75 Å². The Hall–Kier alpha value is -2.71. The first-order valence-corrected chi connectivity index (χ1v) is 9.63. The second-order valence-electron chi connectivity index (χ2n) is 6.22. The Morgan fingerprint density at radius 2 is 1.56 bits per heavy atom. The molecule has 3 aromatic rings. The molecule has 1 aliphatic heterocycles. The second kappa shape index (κ2) is 5.68. The molecule has 1 aliphatic rings. The monoisotopic (exact) mass is 351 g/mol. The van der Waals surface area contributed by atoms with E-state index in [0.29, 0.717) is 16.4 Å². The van der Waals surface area contributed by atoms with Gasteiger partial charge in [0.05, 0.1) is 10.6 Å². The molecule has 25 heavy (non-hydrogen) atoms. The van der Waals surface area contributed by atoms with E-state index in [1.54, 1.807) is 18.2 Å². The Bertz CT molecular complexity index is 1010. The van der Waals surface area contributed by atoms with E-state index >= 15 is 0 Å². The molecule has 0 radical (unpaired) electrons. The van der Waals surface area contributed by atoms with Gasteiger partial charge in [-0.25, -0.2) is 0 Å². The normalized spacial score (nSPS) is 18.0. The molecule has 0 aliphatic carbocycles. The quantitative estimate of drug-likeness (QED) is 0.715. The smallest absolute Gasteiger partial charge is 0.311 e. The number of phenolic OH excluding ortho intramolecular Hbond substituents is 1. The van der Waals surface area contributed by atoms with Crippen LogP contribution in [-0.4, -0.2) is 19.2 Å². The van der Waals surface area contributed by atoms with Crippen LogP contribution >= 0.6 is 7.37 Å². The van der Waals surface area contributed by atoms with Gasteiger partial charge in [0.2, 0.25) is 0 Å². The average molecular weight is 351 g/mol. The molecular formula is C20H18NO3P. The molecular weight excluding hydrogens is 333 g/mol. The lowest BCUT2D eigenvalue weighted by Gasteiger charge is -2.29. The zero-order chi connectivity index (χ0) is 17.6. The summed E-state index contributed by atoms with van der Waals surface area (Å²) in [5.74, 6) is 0.544. The number of fused-ring (bicyclic) bond motifs is 3. The van der Waals surface area contributed by atoms with Gasteiger partial charge >= 0.3 is 7.37 Å². The van der Waals surface area contributed by atoms with Crippen LogP contribution in [0.25, 0.3) is 11.1 Å². The fourth-order valence-corrected chi connectivity index (χ4v) is 5.48. The lowest BCUT2D eigenvalue weighted by molar-refractivity contribution is 0.472. The van der Waals surface area contributed by atoms with Crippen molar-refractivity contribution in [3.63, 3.8) is 0 Å². The van der Waals surface area contributed by atoms with Crippen LogP contribution in [0.3, 0.4) is 0 Å². The molecule has 3 aromatic carbocycles. The first kappa shape index (κ1) is 15.8. The summed E-state index contributed by atoms with van der Waals surface area (Å²) < 4.78 is 20.0. The first-order chi connectivity index (χ1) is 12.0. The van der Waals surface area contributed by atoms with Gasteiger partial charge in [0.1, 0.15) is 11.5 Å². The molecule has 1 atom stereocenters. The van der Waals surface area contributed by atoms with Crippen molar-refractivity contribution in [1.29, 1.82) is 0 Å². The van der Waals surface area contributed by atoms with Gasteiger partial charge in [-0.05, 0) is 35.9 Å². The minimum Gasteiger partial charge on any atom is -0.507 e. The number of para-hydroxylation sites is 1. The van der Waals surface area contributed by atoms with Crippen LogP contribution in [-0.2, 0) is 4.57 Å². The van der Waals surface area contributed by atoms with Gasteiger partial charge in [-0.15, -0.1) is 0 Å². The summed E-state index contributed by atoms with van der Waals surface area (Å²) in [6.45, 7) is 0. The Morgan fingerprint density at radius 3 is 2.32 bits per heavy atom. The first-order valence-electron chi connectivity index (χ1n) is 8.00. The summed E-state index contributed by atoms with van der Waals surface area (Å²) in [5, 5.41) is 11.4. The summed E-state index contributed by atoms with van der Waals surface area (Å²) in [4.78, 5) is 1.90. The molecule has 0 bridgehead atoms. The molecule has 0 aromatic heterocycles. The number of hydrogen-bond donors (Lipinski definition) is 1. The highest BCUT2D eigenvalue weighted by Gasteiger charge is 2.39. The minimum atomic E-state index is -3.47. The van der Waals surface area contributed by atoms with Gasteiger partial charge in [-0.2, -0.15) is 0 Å². The van der Waals surface area contributed by atoms with Crippen molar-refractivity contribution >= 4 is 23.7 Å². The number of anilines is 1. The zero-order valence-electron chi connectivity index (χ0n) is 14.0. The third kappa shape index (κ3) is 2.41. The third-order valence-electron chi connectivity index (χ3n) is 4.42. The fraction of sp³-hybridized carbons (Fsp3) is 0.100. The Balaban J connectivity index is 2.00. The van der Waals surface area contributed by atoms with Crippen LogP contribution < -0.4 is 20.0 Å². The van der Waals surface area contributed by atoms with Crippen LogP contribution in [0, 0.1) is 0 Å². The summed E-state index contributed by atoms with van der Waals surface area (Å²) in [5.41, 5.74) is 2.64. The number of benzene rings is 3. The number of phenols is 1. The zero-order valence-corrected chi connectivity index (χ0v) is 14.9. The molecule has 1 heterocycles. The maximum absolute atomic E-state index is 14.0.